The summed E-state index contributed by atoms with van der Waals surface area (Å²) in [4.78, 5) is 28.3. The van der Waals surface area contributed by atoms with Crippen LogP contribution in [0.4, 0.5) is 0 Å². The van der Waals surface area contributed by atoms with Crippen molar-refractivity contribution < 1.29 is 9.90 Å². The number of amides is 1. The van der Waals surface area contributed by atoms with Crippen molar-refractivity contribution in [2.75, 3.05) is 0 Å². The SMILES string of the molecule is NC(=O)c1c(O)cc(CCc2ccccc2)n(-c2nccs2)c1=O. The highest BCUT2D eigenvalue weighted by Gasteiger charge is 2.20. The van der Waals surface area contributed by atoms with Gasteiger partial charge in [0.2, 0.25) is 0 Å². The van der Waals surface area contributed by atoms with Gasteiger partial charge < -0.3 is 10.8 Å². The van der Waals surface area contributed by atoms with Crippen LogP contribution in [0.25, 0.3) is 5.13 Å². The molecule has 1 aromatic carbocycles. The van der Waals surface area contributed by atoms with Crippen LogP contribution in [-0.2, 0) is 12.8 Å². The fraction of sp³-hybridized carbons (Fsp3) is 0.118. The number of nitrogens with zero attached hydrogens (tertiary/aromatic N) is 2. The van der Waals surface area contributed by atoms with E-state index in [0.717, 1.165) is 5.56 Å². The fourth-order valence-corrected chi connectivity index (χ4v) is 3.19. The first-order valence-corrected chi connectivity index (χ1v) is 8.17. The Morgan fingerprint density at radius 2 is 2.00 bits per heavy atom. The van der Waals surface area contributed by atoms with Gasteiger partial charge in [-0.2, -0.15) is 0 Å². The van der Waals surface area contributed by atoms with E-state index >= 15 is 0 Å². The summed E-state index contributed by atoms with van der Waals surface area (Å²) in [5.41, 5.74) is 5.82. The van der Waals surface area contributed by atoms with E-state index in [1.54, 1.807) is 11.6 Å². The van der Waals surface area contributed by atoms with Crippen LogP contribution in [0.2, 0.25) is 0 Å². The van der Waals surface area contributed by atoms with Gasteiger partial charge in [-0.05, 0) is 18.4 Å². The molecule has 3 rings (SSSR count). The Kier molecular flexibility index (Phi) is 4.43. The van der Waals surface area contributed by atoms with Gasteiger partial charge in [0.1, 0.15) is 11.3 Å². The number of pyridine rings is 1. The molecule has 0 fully saturated rings. The summed E-state index contributed by atoms with van der Waals surface area (Å²) in [6, 6.07) is 11.2. The zero-order valence-corrected chi connectivity index (χ0v) is 13.5. The second-order valence-corrected chi connectivity index (χ2v) is 6.07. The number of aryl methyl sites for hydroxylation is 2. The van der Waals surface area contributed by atoms with Gasteiger partial charge in [0.15, 0.2) is 5.13 Å². The Morgan fingerprint density at radius 3 is 2.62 bits per heavy atom. The molecule has 0 bridgehead atoms. The van der Waals surface area contributed by atoms with Crippen LogP contribution in [0.5, 0.6) is 5.75 Å². The highest BCUT2D eigenvalue weighted by Crippen LogP contribution is 2.20. The summed E-state index contributed by atoms with van der Waals surface area (Å²) >= 11 is 1.27. The molecular formula is C17H15N3O3S. The molecule has 2 heterocycles. The summed E-state index contributed by atoms with van der Waals surface area (Å²) in [5.74, 6) is -1.36. The van der Waals surface area contributed by atoms with Crippen molar-refractivity contribution in [2.45, 2.75) is 12.8 Å². The maximum Gasteiger partial charge on any atom is 0.273 e. The van der Waals surface area contributed by atoms with Crippen molar-refractivity contribution in [3.63, 3.8) is 0 Å². The lowest BCUT2D eigenvalue weighted by Crippen LogP contribution is -2.30. The monoisotopic (exact) mass is 341 g/mol. The van der Waals surface area contributed by atoms with E-state index in [1.807, 2.05) is 30.3 Å². The molecule has 7 heteroatoms. The number of hydrogen-bond donors (Lipinski definition) is 2. The lowest BCUT2D eigenvalue weighted by atomic mass is 10.1. The van der Waals surface area contributed by atoms with Crippen LogP contribution in [0.15, 0.2) is 52.8 Å². The van der Waals surface area contributed by atoms with Gasteiger partial charge in [0, 0.05) is 23.3 Å². The Bertz CT molecular complexity index is 918. The average Bonchev–Trinajstić information content (AvgIpc) is 3.07. The van der Waals surface area contributed by atoms with Crippen LogP contribution < -0.4 is 11.3 Å². The molecule has 0 atom stereocenters. The molecule has 0 saturated carbocycles. The molecular weight excluding hydrogens is 326 g/mol. The van der Waals surface area contributed by atoms with Gasteiger partial charge in [-0.25, -0.2) is 4.98 Å². The lowest BCUT2D eigenvalue weighted by molar-refractivity contribution is 0.0996. The number of rotatable bonds is 5. The predicted molar refractivity (Wildman–Crippen MR) is 91.7 cm³/mol. The molecule has 0 radical (unpaired) electrons. The van der Waals surface area contributed by atoms with E-state index in [0.29, 0.717) is 23.7 Å². The number of primary amides is 1. The molecule has 0 spiro atoms. The molecule has 3 aromatic rings. The Morgan fingerprint density at radius 1 is 1.25 bits per heavy atom. The highest BCUT2D eigenvalue weighted by atomic mass is 32.1. The van der Waals surface area contributed by atoms with Crippen molar-refractivity contribution in [3.05, 3.63) is 75.1 Å². The van der Waals surface area contributed by atoms with Crippen molar-refractivity contribution >= 4 is 17.2 Å². The number of hydrogen-bond acceptors (Lipinski definition) is 5. The van der Waals surface area contributed by atoms with Crippen molar-refractivity contribution in [2.24, 2.45) is 5.73 Å². The summed E-state index contributed by atoms with van der Waals surface area (Å²) < 4.78 is 1.34. The van der Waals surface area contributed by atoms with Gasteiger partial charge in [-0.1, -0.05) is 30.3 Å². The zero-order chi connectivity index (χ0) is 17.1. The maximum absolute atomic E-state index is 12.6. The number of aromatic nitrogens is 2. The molecule has 122 valence electrons. The molecule has 24 heavy (non-hydrogen) atoms. The molecule has 3 N–H and O–H groups in total. The molecule has 6 nitrogen and oxygen atoms in total. The minimum absolute atomic E-state index is 0.400. The minimum Gasteiger partial charge on any atom is -0.507 e. The quantitative estimate of drug-likeness (QED) is 0.740. The first-order valence-electron chi connectivity index (χ1n) is 7.29. The number of carbonyl (C=O) groups excluding carboxylic acids is 1. The number of benzene rings is 1. The second kappa shape index (κ2) is 6.67. The predicted octanol–water partition coefficient (Wildman–Crippen LogP) is 1.88. The Hall–Kier alpha value is -2.93. The van der Waals surface area contributed by atoms with E-state index in [4.69, 9.17) is 5.73 Å². The van der Waals surface area contributed by atoms with E-state index in [-0.39, 0.29) is 0 Å². The third-order valence-electron chi connectivity index (χ3n) is 3.63. The van der Waals surface area contributed by atoms with Gasteiger partial charge in [0.05, 0.1) is 0 Å². The minimum atomic E-state index is -0.961. The summed E-state index contributed by atoms with van der Waals surface area (Å²) in [5, 5.41) is 12.2. The smallest absolute Gasteiger partial charge is 0.273 e. The van der Waals surface area contributed by atoms with Gasteiger partial charge >= 0.3 is 0 Å². The summed E-state index contributed by atoms with van der Waals surface area (Å²) in [6.45, 7) is 0. The van der Waals surface area contributed by atoms with E-state index in [2.05, 4.69) is 4.98 Å². The number of carbonyl (C=O) groups is 1. The number of thiazole rings is 1. The maximum atomic E-state index is 12.6. The zero-order valence-electron chi connectivity index (χ0n) is 12.7. The molecule has 0 unspecified atom stereocenters. The Labute approximate surface area is 141 Å². The fourth-order valence-electron chi connectivity index (χ4n) is 2.52. The summed E-state index contributed by atoms with van der Waals surface area (Å²) in [6.07, 6.45) is 2.76. The third kappa shape index (κ3) is 3.07. The standard InChI is InChI=1S/C17H15N3O3S/c18-15(22)14-13(21)10-12(7-6-11-4-2-1-3-5-11)20(16(14)23)17-19-8-9-24-17/h1-5,8-10,21H,6-7H2,(H2,18,22). The first-order chi connectivity index (χ1) is 11.6. The highest BCUT2D eigenvalue weighted by molar-refractivity contribution is 7.12. The van der Waals surface area contributed by atoms with Gasteiger partial charge in [-0.15, -0.1) is 11.3 Å². The van der Waals surface area contributed by atoms with Crippen molar-refractivity contribution in [1.29, 1.82) is 0 Å². The number of aromatic hydroxyl groups is 1. The average molecular weight is 341 g/mol. The normalized spacial score (nSPS) is 10.7. The molecule has 2 aromatic heterocycles. The van der Waals surface area contributed by atoms with E-state index in [9.17, 15) is 14.7 Å². The van der Waals surface area contributed by atoms with Gasteiger partial charge in [-0.3, -0.25) is 14.2 Å². The molecule has 0 aliphatic heterocycles. The Balaban J connectivity index is 2.08. The molecule has 0 saturated heterocycles. The van der Waals surface area contributed by atoms with E-state index in [1.165, 1.54) is 22.0 Å². The van der Waals surface area contributed by atoms with Crippen molar-refractivity contribution in [3.8, 4) is 10.9 Å². The van der Waals surface area contributed by atoms with Crippen LogP contribution in [-0.4, -0.2) is 20.6 Å². The van der Waals surface area contributed by atoms with E-state index < -0.39 is 22.8 Å². The lowest BCUT2D eigenvalue weighted by Gasteiger charge is -2.13. The van der Waals surface area contributed by atoms with Crippen LogP contribution in [0, 0.1) is 0 Å². The molecule has 0 aliphatic rings. The van der Waals surface area contributed by atoms with Gasteiger partial charge in [0.25, 0.3) is 11.5 Å². The largest absolute Gasteiger partial charge is 0.507 e. The van der Waals surface area contributed by atoms with Crippen molar-refractivity contribution in [1.82, 2.24) is 9.55 Å². The van der Waals surface area contributed by atoms with Crippen LogP contribution in [0.3, 0.4) is 0 Å². The van der Waals surface area contributed by atoms with Crippen LogP contribution >= 0.6 is 11.3 Å². The topological polar surface area (TPSA) is 98.2 Å². The number of nitrogens with two attached hydrogens (primary N) is 1. The second-order valence-electron chi connectivity index (χ2n) is 5.20. The van der Waals surface area contributed by atoms with Crippen LogP contribution in [0.1, 0.15) is 21.6 Å². The molecule has 1 amide bonds. The molecule has 0 aliphatic carbocycles. The first kappa shape index (κ1) is 15.9. The third-order valence-corrected chi connectivity index (χ3v) is 4.39. The summed E-state index contributed by atoms with van der Waals surface area (Å²) in [7, 11) is 0.